The van der Waals surface area contributed by atoms with Gasteiger partial charge in [0.25, 0.3) is 0 Å². The van der Waals surface area contributed by atoms with Gasteiger partial charge >= 0.3 is 0 Å². The minimum atomic E-state index is 0.572. The summed E-state index contributed by atoms with van der Waals surface area (Å²) in [6.45, 7) is 7.44. The number of hydrogen-bond donors (Lipinski definition) is 1. The van der Waals surface area contributed by atoms with E-state index in [0.29, 0.717) is 5.92 Å². The molecule has 0 bridgehead atoms. The van der Waals surface area contributed by atoms with Gasteiger partial charge in [0, 0.05) is 19.0 Å². The van der Waals surface area contributed by atoms with Gasteiger partial charge < -0.3 is 9.88 Å². The lowest BCUT2D eigenvalue weighted by atomic mass is 10.1. The molecule has 1 unspecified atom stereocenters. The van der Waals surface area contributed by atoms with E-state index in [4.69, 9.17) is 0 Å². The lowest BCUT2D eigenvalue weighted by Crippen LogP contribution is -2.13. The van der Waals surface area contributed by atoms with Crippen LogP contribution in [-0.4, -0.2) is 27.9 Å². The van der Waals surface area contributed by atoms with E-state index in [1.54, 1.807) is 0 Å². The number of aromatic nitrogens is 3. The van der Waals surface area contributed by atoms with Crippen molar-refractivity contribution >= 4 is 0 Å². The van der Waals surface area contributed by atoms with E-state index >= 15 is 0 Å². The summed E-state index contributed by atoms with van der Waals surface area (Å²) in [5.41, 5.74) is 0. The Bertz CT molecular complexity index is 299. The molecule has 1 aliphatic heterocycles. The minimum absolute atomic E-state index is 0.572. The first-order valence-electron chi connectivity index (χ1n) is 5.43. The van der Waals surface area contributed by atoms with E-state index in [9.17, 15) is 0 Å². The second-order valence-electron chi connectivity index (χ2n) is 3.95. The van der Waals surface area contributed by atoms with Crippen molar-refractivity contribution in [3.05, 3.63) is 11.6 Å². The van der Waals surface area contributed by atoms with Gasteiger partial charge in [-0.2, -0.15) is 0 Å². The van der Waals surface area contributed by atoms with E-state index in [-0.39, 0.29) is 0 Å². The molecule has 1 aromatic heterocycles. The maximum atomic E-state index is 4.29. The van der Waals surface area contributed by atoms with Crippen LogP contribution in [0, 0.1) is 6.92 Å². The Morgan fingerprint density at radius 1 is 1.50 bits per heavy atom. The zero-order chi connectivity index (χ0) is 9.97. The fourth-order valence-corrected chi connectivity index (χ4v) is 2.07. The monoisotopic (exact) mass is 194 g/mol. The van der Waals surface area contributed by atoms with Crippen molar-refractivity contribution in [2.75, 3.05) is 13.1 Å². The van der Waals surface area contributed by atoms with Crippen LogP contribution in [0.15, 0.2) is 0 Å². The Morgan fingerprint density at radius 3 is 3.00 bits per heavy atom. The van der Waals surface area contributed by atoms with Crippen LogP contribution in [0.5, 0.6) is 0 Å². The number of rotatable bonds is 3. The fourth-order valence-electron chi connectivity index (χ4n) is 2.07. The Hall–Kier alpha value is -0.900. The third kappa shape index (κ3) is 1.66. The quantitative estimate of drug-likeness (QED) is 0.782. The van der Waals surface area contributed by atoms with E-state index in [1.165, 1.54) is 12.2 Å². The molecule has 4 heteroatoms. The molecule has 4 nitrogen and oxygen atoms in total. The smallest absolute Gasteiger partial charge is 0.137 e. The summed E-state index contributed by atoms with van der Waals surface area (Å²) in [7, 11) is 0. The third-order valence-corrected chi connectivity index (χ3v) is 2.84. The molecule has 0 aliphatic carbocycles. The molecule has 1 aromatic rings. The molecular weight excluding hydrogens is 176 g/mol. The molecule has 0 aromatic carbocycles. The summed E-state index contributed by atoms with van der Waals surface area (Å²) in [6.07, 6.45) is 2.34. The molecule has 1 atom stereocenters. The molecule has 2 rings (SSSR count). The van der Waals surface area contributed by atoms with E-state index in [2.05, 4.69) is 27.0 Å². The molecule has 0 spiro atoms. The van der Waals surface area contributed by atoms with Gasteiger partial charge in [-0.05, 0) is 26.3 Å². The molecule has 14 heavy (non-hydrogen) atoms. The zero-order valence-corrected chi connectivity index (χ0v) is 8.95. The highest BCUT2D eigenvalue weighted by Gasteiger charge is 2.22. The normalized spacial score (nSPS) is 21.7. The molecular formula is C10H18N4. The standard InChI is InChI=1S/C10H18N4/c1-3-6-14-8(2)12-13-10(14)9-4-5-11-7-9/h9,11H,3-7H2,1-2H3. The maximum absolute atomic E-state index is 4.29. The van der Waals surface area contributed by atoms with Crippen LogP contribution < -0.4 is 5.32 Å². The molecule has 1 N–H and O–H groups in total. The Balaban J connectivity index is 2.22. The molecule has 1 aliphatic rings. The topological polar surface area (TPSA) is 42.7 Å². The van der Waals surface area contributed by atoms with E-state index in [1.807, 2.05) is 6.92 Å². The predicted molar refractivity (Wildman–Crippen MR) is 55.3 cm³/mol. The summed E-state index contributed by atoms with van der Waals surface area (Å²) in [4.78, 5) is 0. The number of nitrogens with zero attached hydrogens (tertiary/aromatic N) is 3. The second kappa shape index (κ2) is 4.09. The average molecular weight is 194 g/mol. The van der Waals surface area contributed by atoms with E-state index < -0.39 is 0 Å². The van der Waals surface area contributed by atoms with Crippen molar-refractivity contribution in [1.82, 2.24) is 20.1 Å². The lowest BCUT2D eigenvalue weighted by molar-refractivity contribution is 0.579. The van der Waals surface area contributed by atoms with Gasteiger partial charge in [0.1, 0.15) is 11.6 Å². The highest BCUT2D eigenvalue weighted by Crippen LogP contribution is 2.21. The van der Waals surface area contributed by atoms with Crippen molar-refractivity contribution in [3.63, 3.8) is 0 Å². The van der Waals surface area contributed by atoms with Crippen LogP contribution in [0.3, 0.4) is 0 Å². The minimum Gasteiger partial charge on any atom is -0.316 e. The van der Waals surface area contributed by atoms with Crippen LogP contribution in [0.2, 0.25) is 0 Å². The fraction of sp³-hybridized carbons (Fsp3) is 0.800. The van der Waals surface area contributed by atoms with Gasteiger partial charge in [0.2, 0.25) is 0 Å². The van der Waals surface area contributed by atoms with Gasteiger partial charge in [0.05, 0.1) is 0 Å². The van der Waals surface area contributed by atoms with Crippen molar-refractivity contribution in [2.24, 2.45) is 0 Å². The Labute approximate surface area is 84.7 Å². The molecule has 0 amide bonds. The van der Waals surface area contributed by atoms with Gasteiger partial charge in [-0.3, -0.25) is 0 Å². The molecule has 1 saturated heterocycles. The molecule has 1 fully saturated rings. The second-order valence-corrected chi connectivity index (χ2v) is 3.95. The Morgan fingerprint density at radius 2 is 2.36 bits per heavy atom. The maximum Gasteiger partial charge on any atom is 0.137 e. The SMILES string of the molecule is CCCn1c(C)nnc1C1CCNC1. The van der Waals surface area contributed by atoms with Crippen LogP contribution in [-0.2, 0) is 6.54 Å². The van der Waals surface area contributed by atoms with Crippen molar-refractivity contribution in [1.29, 1.82) is 0 Å². The van der Waals surface area contributed by atoms with Crippen LogP contribution in [0.4, 0.5) is 0 Å². The third-order valence-electron chi connectivity index (χ3n) is 2.84. The van der Waals surface area contributed by atoms with Crippen LogP contribution in [0.1, 0.15) is 37.3 Å². The summed E-state index contributed by atoms with van der Waals surface area (Å²) < 4.78 is 2.26. The van der Waals surface area contributed by atoms with Gasteiger partial charge in [0.15, 0.2) is 0 Å². The summed E-state index contributed by atoms with van der Waals surface area (Å²) in [6, 6.07) is 0. The highest BCUT2D eigenvalue weighted by atomic mass is 15.3. The summed E-state index contributed by atoms with van der Waals surface area (Å²) in [5, 5.41) is 11.8. The van der Waals surface area contributed by atoms with Crippen molar-refractivity contribution < 1.29 is 0 Å². The van der Waals surface area contributed by atoms with Crippen molar-refractivity contribution in [2.45, 2.75) is 39.2 Å². The molecule has 78 valence electrons. The first-order chi connectivity index (χ1) is 6.83. The highest BCUT2D eigenvalue weighted by molar-refractivity contribution is 5.04. The van der Waals surface area contributed by atoms with Crippen LogP contribution in [0.25, 0.3) is 0 Å². The lowest BCUT2D eigenvalue weighted by Gasteiger charge is -2.10. The molecule has 0 radical (unpaired) electrons. The first kappa shape index (κ1) is 9.65. The van der Waals surface area contributed by atoms with E-state index in [0.717, 1.165) is 31.9 Å². The first-order valence-corrected chi connectivity index (χ1v) is 5.43. The largest absolute Gasteiger partial charge is 0.316 e. The van der Waals surface area contributed by atoms with Crippen LogP contribution >= 0.6 is 0 Å². The van der Waals surface area contributed by atoms with Crippen molar-refractivity contribution in [3.8, 4) is 0 Å². The molecule has 0 saturated carbocycles. The number of hydrogen-bond acceptors (Lipinski definition) is 3. The average Bonchev–Trinajstić information content (AvgIpc) is 2.77. The zero-order valence-electron chi connectivity index (χ0n) is 8.95. The summed E-state index contributed by atoms with van der Waals surface area (Å²) in [5.74, 6) is 2.80. The van der Waals surface area contributed by atoms with Gasteiger partial charge in [-0.1, -0.05) is 6.92 Å². The van der Waals surface area contributed by atoms with Gasteiger partial charge in [-0.15, -0.1) is 10.2 Å². The predicted octanol–water partition coefficient (Wildman–Crippen LogP) is 1.07. The number of nitrogens with one attached hydrogen (secondary N) is 1. The van der Waals surface area contributed by atoms with Gasteiger partial charge in [-0.25, -0.2) is 0 Å². The molecule has 2 heterocycles. The Kier molecular flexibility index (Phi) is 2.82. The summed E-state index contributed by atoms with van der Waals surface area (Å²) >= 11 is 0. The number of aryl methyl sites for hydroxylation is 1.